The predicted molar refractivity (Wildman–Crippen MR) is 115 cm³/mol. The Hall–Kier alpha value is -0.380. The normalized spacial score (nSPS) is 19.3. The van der Waals surface area contributed by atoms with Gasteiger partial charge >= 0.3 is 0 Å². The van der Waals surface area contributed by atoms with Crippen LogP contribution in [0.3, 0.4) is 0 Å². The molecular weight excluding hydrogens is 336 g/mol. The van der Waals surface area contributed by atoms with Gasteiger partial charge in [0.25, 0.3) is 0 Å². The maximum atomic E-state index is 5.71. The van der Waals surface area contributed by atoms with Gasteiger partial charge in [-0.1, -0.05) is 83.3 Å². The Morgan fingerprint density at radius 2 is 1.30 bits per heavy atom. The van der Waals surface area contributed by atoms with E-state index < -0.39 is 5.79 Å². The largest absolute Gasteiger partial charge is 0.350 e. The number of hydrogen-bond donors (Lipinski definition) is 0. The zero-order valence-electron chi connectivity index (χ0n) is 18.5. The summed E-state index contributed by atoms with van der Waals surface area (Å²) in [5.74, 6) is -0.478. The summed E-state index contributed by atoms with van der Waals surface area (Å²) in [7, 11) is 0. The van der Waals surface area contributed by atoms with Crippen LogP contribution in [0, 0.1) is 0 Å². The molecule has 27 heavy (non-hydrogen) atoms. The minimum absolute atomic E-state index is 0.172. The summed E-state index contributed by atoms with van der Waals surface area (Å²) < 4.78 is 16.8. The fraction of sp³-hybridized carbons (Fsp3) is 0.917. The van der Waals surface area contributed by atoms with Gasteiger partial charge < -0.3 is 14.2 Å². The smallest absolute Gasteiger partial charge is 0.184 e. The molecular formula is C24H46O3. The van der Waals surface area contributed by atoms with Gasteiger partial charge in [0, 0.05) is 6.61 Å². The van der Waals surface area contributed by atoms with E-state index in [0.29, 0.717) is 6.61 Å². The molecule has 0 aromatic carbocycles. The van der Waals surface area contributed by atoms with E-state index in [-0.39, 0.29) is 6.29 Å². The Morgan fingerprint density at radius 1 is 0.778 bits per heavy atom. The molecule has 0 aromatic rings. The van der Waals surface area contributed by atoms with Crippen molar-refractivity contribution in [2.75, 3.05) is 13.2 Å². The lowest BCUT2D eigenvalue weighted by molar-refractivity contribution is -0.190. The second-order valence-electron chi connectivity index (χ2n) is 8.42. The third-order valence-corrected chi connectivity index (χ3v) is 5.19. The summed E-state index contributed by atoms with van der Waals surface area (Å²) in [6, 6.07) is 0. The van der Waals surface area contributed by atoms with Crippen molar-refractivity contribution in [1.29, 1.82) is 0 Å². The van der Waals surface area contributed by atoms with Crippen molar-refractivity contribution in [2.24, 2.45) is 0 Å². The van der Waals surface area contributed by atoms with E-state index in [1.54, 1.807) is 0 Å². The molecule has 0 bridgehead atoms. The van der Waals surface area contributed by atoms with Gasteiger partial charge in [0.05, 0.1) is 0 Å². The first-order chi connectivity index (χ1) is 13.1. The summed E-state index contributed by atoms with van der Waals surface area (Å²) in [6.45, 7) is 7.49. The molecule has 1 fully saturated rings. The fourth-order valence-electron chi connectivity index (χ4n) is 3.48. The molecule has 1 aliphatic rings. The first-order valence-electron chi connectivity index (χ1n) is 11.7. The first-order valence-corrected chi connectivity index (χ1v) is 11.7. The second-order valence-corrected chi connectivity index (χ2v) is 8.42. The molecule has 1 heterocycles. The van der Waals surface area contributed by atoms with Crippen molar-refractivity contribution < 1.29 is 14.2 Å². The summed E-state index contributed by atoms with van der Waals surface area (Å²) >= 11 is 0. The van der Waals surface area contributed by atoms with Gasteiger partial charge in [0.1, 0.15) is 6.61 Å². The van der Waals surface area contributed by atoms with Crippen molar-refractivity contribution in [2.45, 2.75) is 129 Å². The van der Waals surface area contributed by atoms with Crippen LogP contribution in [0.15, 0.2) is 12.2 Å². The number of rotatable bonds is 18. The molecule has 0 aromatic heterocycles. The zero-order chi connectivity index (χ0) is 19.6. The highest BCUT2D eigenvalue weighted by molar-refractivity contribution is 4.81. The molecule has 3 nitrogen and oxygen atoms in total. The molecule has 1 aliphatic heterocycles. The zero-order valence-corrected chi connectivity index (χ0v) is 18.5. The lowest BCUT2D eigenvalue weighted by Gasteiger charge is -2.16. The van der Waals surface area contributed by atoms with Gasteiger partial charge in [0.2, 0.25) is 0 Å². The minimum atomic E-state index is -0.478. The van der Waals surface area contributed by atoms with Gasteiger partial charge in [-0.3, -0.25) is 0 Å². The maximum absolute atomic E-state index is 5.71. The molecule has 160 valence electrons. The average Bonchev–Trinajstić information content (AvgIpc) is 2.99. The van der Waals surface area contributed by atoms with Crippen molar-refractivity contribution in [3.8, 4) is 0 Å². The lowest BCUT2D eigenvalue weighted by atomic mass is 10.1. The minimum Gasteiger partial charge on any atom is -0.350 e. The third-order valence-electron chi connectivity index (χ3n) is 5.19. The van der Waals surface area contributed by atoms with Crippen LogP contribution in [0.5, 0.6) is 0 Å². The number of ether oxygens (including phenoxy) is 3. The highest BCUT2D eigenvalue weighted by Crippen LogP contribution is 2.23. The Morgan fingerprint density at radius 3 is 1.81 bits per heavy atom. The Labute approximate surface area is 169 Å². The van der Waals surface area contributed by atoms with E-state index in [1.165, 1.54) is 89.9 Å². The summed E-state index contributed by atoms with van der Waals surface area (Å²) in [4.78, 5) is 0. The van der Waals surface area contributed by atoms with Crippen molar-refractivity contribution >= 4 is 0 Å². The highest BCUT2D eigenvalue weighted by atomic mass is 16.8. The van der Waals surface area contributed by atoms with Crippen LogP contribution in [0.1, 0.15) is 117 Å². The number of allylic oxidation sites excluding steroid dienone is 2. The molecule has 0 radical (unpaired) electrons. The van der Waals surface area contributed by atoms with E-state index >= 15 is 0 Å². The Bertz CT molecular complexity index is 352. The van der Waals surface area contributed by atoms with Gasteiger partial charge in [-0.15, -0.1) is 0 Å². The fourth-order valence-corrected chi connectivity index (χ4v) is 3.48. The predicted octanol–water partition coefficient (Wildman–Crippen LogP) is 7.54. The third kappa shape index (κ3) is 15.2. The van der Waals surface area contributed by atoms with E-state index in [1.807, 2.05) is 13.8 Å². The standard InChI is InChI=1S/C24H46O3/c1-4-5-6-7-8-9-10-11-12-13-14-15-16-17-18-19-20-21-25-23-22-26-24(2,3)27-23/h11-12,23H,4-10,13-22H2,1-3H3. The Kier molecular flexibility index (Phi) is 15.1. The number of hydrogen-bond acceptors (Lipinski definition) is 3. The van der Waals surface area contributed by atoms with E-state index in [4.69, 9.17) is 14.2 Å². The maximum Gasteiger partial charge on any atom is 0.184 e. The molecule has 1 unspecified atom stereocenters. The molecule has 1 atom stereocenters. The van der Waals surface area contributed by atoms with Crippen molar-refractivity contribution in [1.82, 2.24) is 0 Å². The molecule has 1 rings (SSSR count). The van der Waals surface area contributed by atoms with Crippen LogP contribution >= 0.6 is 0 Å². The van der Waals surface area contributed by atoms with Crippen LogP contribution in [-0.4, -0.2) is 25.3 Å². The van der Waals surface area contributed by atoms with Gasteiger partial charge in [-0.25, -0.2) is 0 Å². The molecule has 0 N–H and O–H groups in total. The molecule has 0 aliphatic carbocycles. The molecule has 0 amide bonds. The van der Waals surface area contributed by atoms with Gasteiger partial charge in [-0.2, -0.15) is 0 Å². The Balaban J connectivity index is 1.72. The molecule has 1 saturated heterocycles. The van der Waals surface area contributed by atoms with Crippen LogP contribution in [0.4, 0.5) is 0 Å². The lowest BCUT2D eigenvalue weighted by Crippen LogP contribution is -2.23. The summed E-state index contributed by atoms with van der Waals surface area (Å²) in [5.41, 5.74) is 0. The van der Waals surface area contributed by atoms with Crippen LogP contribution in [0.25, 0.3) is 0 Å². The van der Waals surface area contributed by atoms with E-state index in [2.05, 4.69) is 19.1 Å². The average molecular weight is 383 g/mol. The monoisotopic (exact) mass is 382 g/mol. The van der Waals surface area contributed by atoms with Crippen LogP contribution < -0.4 is 0 Å². The van der Waals surface area contributed by atoms with E-state index in [0.717, 1.165) is 13.0 Å². The SMILES string of the molecule is CCCCCCCCC=CCCCCCCCCCOC1COC(C)(C)O1. The first kappa shape index (κ1) is 24.7. The molecule has 0 saturated carbocycles. The van der Waals surface area contributed by atoms with Crippen molar-refractivity contribution in [3.63, 3.8) is 0 Å². The topological polar surface area (TPSA) is 27.7 Å². The summed E-state index contributed by atoms with van der Waals surface area (Å²) in [5, 5.41) is 0. The van der Waals surface area contributed by atoms with E-state index in [9.17, 15) is 0 Å². The number of unbranched alkanes of at least 4 members (excludes halogenated alkanes) is 13. The summed E-state index contributed by atoms with van der Waals surface area (Å²) in [6.07, 6.45) is 24.7. The molecule has 0 spiro atoms. The van der Waals surface area contributed by atoms with Crippen molar-refractivity contribution in [3.05, 3.63) is 12.2 Å². The molecule has 3 heteroatoms. The highest BCUT2D eigenvalue weighted by Gasteiger charge is 2.32. The second kappa shape index (κ2) is 16.6. The van der Waals surface area contributed by atoms with Crippen LogP contribution in [0.2, 0.25) is 0 Å². The van der Waals surface area contributed by atoms with Crippen LogP contribution in [-0.2, 0) is 14.2 Å². The van der Waals surface area contributed by atoms with Gasteiger partial charge in [-0.05, 0) is 46.0 Å². The quantitative estimate of drug-likeness (QED) is 0.181. The van der Waals surface area contributed by atoms with Gasteiger partial charge in [0.15, 0.2) is 12.1 Å².